The van der Waals surface area contributed by atoms with Crippen LogP contribution in [-0.4, -0.2) is 23.2 Å². The van der Waals surface area contributed by atoms with Gasteiger partial charge in [0.2, 0.25) is 5.91 Å². The first-order valence-electron chi connectivity index (χ1n) is 8.90. The van der Waals surface area contributed by atoms with Crippen molar-refractivity contribution >= 4 is 17.5 Å². The third kappa shape index (κ3) is 4.83. The molecule has 1 aliphatic carbocycles. The summed E-state index contributed by atoms with van der Waals surface area (Å²) in [6.45, 7) is 0. The Morgan fingerprint density at radius 1 is 1.04 bits per heavy atom. The molecule has 0 heterocycles. The van der Waals surface area contributed by atoms with Gasteiger partial charge in [0.15, 0.2) is 0 Å². The minimum atomic E-state index is -0.214. The van der Waals surface area contributed by atoms with Crippen LogP contribution in [-0.2, 0) is 4.79 Å². The lowest BCUT2D eigenvalue weighted by molar-refractivity contribution is -0.122. The van der Waals surface area contributed by atoms with Crippen LogP contribution in [0.25, 0.3) is 0 Å². The lowest BCUT2D eigenvalue weighted by Crippen LogP contribution is -2.39. The Labute approximate surface area is 154 Å². The van der Waals surface area contributed by atoms with E-state index >= 15 is 0 Å². The standard InChI is InChI=1S/C21H24ClNO2/c22-20-9-5-4-8-18(20)19(15-6-2-1-3-7-15)14-21(25)23-16-10-12-17(24)13-11-16/h1-9,16-17,19,24H,10-14H2,(H,23,25). The number of aliphatic hydroxyl groups is 1. The highest BCUT2D eigenvalue weighted by molar-refractivity contribution is 6.31. The summed E-state index contributed by atoms with van der Waals surface area (Å²) in [7, 11) is 0. The molecule has 4 heteroatoms. The summed E-state index contributed by atoms with van der Waals surface area (Å²) < 4.78 is 0. The first-order chi connectivity index (χ1) is 12.1. The molecule has 1 aliphatic rings. The van der Waals surface area contributed by atoms with Crippen LogP contribution >= 0.6 is 11.6 Å². The van der Waals surface area contributed by atoms with Gasteiger partial charge in [0.25, 0.3) is 0 Å². The maximum absolute atomic E-state index is 12.6. The summed E-state index contributed by atoms with van der Waals surface area (Å²) in [6, 6.07) is 17.9. The monoisotopic (exact) mass is 357 g/mol. The number of rotatable bonds is 5. The third-order valence-corrected chi connectivity index (χ3v) is 5.28. The second kappa shape index (κ2) is 8.50. The van der Waals surface area contributed by atoms with Crippen molar-refractivity contribution in [3.8, 4) is 0 Å². The minimum absolute atomic E-state index is 0.0372. The zero-order chi connectivity index (χ0) is 17.6. The number of carbonyl (C=O) groups excluding carboxylic acids is 1. The molecule has 0 aliphatic heterocycles. The van der Waals surface area contributed by atoms with E-state index in [1.165, 1.54) is 0 Å². The third-order valence-electron chi connectivity index (χ3n) is 4.93. The number of carbonyl (C=O) groups is 1. The molecular formula is C21H24ClNO2. The molecule has 2 N–H and O–H groups in total. The fourth-order valence-corrected chi connectivity index (χ4v) is 3.81. The van der Waals surface area contributed by atoms with Gasteiger partial charge in [-0.15, -0.1) is 0 Å². The molecule has 0 radical (unpaired) electrons. The topological polar surface area (TPSA) is 49.3 Å². The van der Waals surface area contributed by atoms with Crippen molar-refractivity contribution in [3.63, 3.8) is 0 Å². The van der Waals surface area contributed by atoms with E-state index < -0.39 is 0 Å². The number of amides is 1. The van der Waals surface area contributed by atoms with Crippen molar-refractivity contribution < 1.29 is 9.90 Å². The molecule has 3 nitrogen and oxygen atoms in total. The molecule has 0 bridgehead atoms. The van der Waals surface area contributed by atoms with Crippen molar-refractivity contribution in [3.05, 3.63) is 70.7 Å². The van der Waals surface area contributed by atoms with Crippen LogP contribution in [0.4, 0.5) is 0 Å². The molecule has 1 fully saturated rings. The Balaban J connectivity index is 1.74. The van der Waals surface area contributed by atoms with Crippen molar-refractivity contribution in [2.45, 2.75) is 50.2 Å². The molecule has 1 amide bonds. The molecule has 0 saturated heterocycles. The Morgan fingerprint density at radius 2 is 1.68 bits per heavy atom. The van der Waals surface area contributed by atoms with Gasteiger partial charge in [-0.1, -0.05) is 60.1 Å². The molecule has 25 heavy (non-hydrogen) atoms. The van der Waals surface area contributed by atoms with Crippen LogP contribution in [0, 0.1) is 0 Å². The zero-order valence-electron chi connectivity index (χ0n) is 14.2. The highest BCUT2D eigenvalue weighted by Gasteiger charge is 2.24. The molecule has 3 rings (SSSR count). The average molecular weight is 358 g/mol. The van der Waals surface area contributed by atoms with Gasteiger partial charge in [0.05, 0.1) is 6.10 Å². The molecule has 2 aromatic carbocycles. The molecule has 1 atom stereocenters. The van der Waals surface area contributed by atoms with Gasteiger partial charge in [0, 0.05) is 23.4 Å². The van der Waals surface area contributed by atoms with Crippen molar-refractivity contribution in [2.24, 2.45) is 0 Å². The van der Waals surface area contributed by atoms with Crippen LogP contribution in [0.3, 0.4) is 0 Å². The zero-order valence-corrected chi connectivity index (χ0v) is 15.0. The van der Waals surface area contributed by atoms with Gasteiger partial charge in [-0.2, -0.15) is 0 Å². The lowest BCUT2D eigenvalue weighted by Gasteiger charge is -2.27. The van der Waals surface area contributed by atoms with E-state index in [-0.39, 0.29) is 24.0 Å². The SMILES string of the molecule is O=C(CC(c1ccccc1)c1ccccc1Cl)NC1CCC(O)CC1. The van der Waals surface area contributed by atoms with Crippen LogP contribution in [0.1, 0.15) is 49.1 Å². The van der Waals surface area contributed by atoms with Crippen LogP contribution < -0.4 is 5.32 Å². The molecular weight excluding hydrogens is 334 g/mol. The highest BCUT2D eigenvalue weighted by atomic mass is 35.5. The van der Waals surface area contributed by atoms with Crippen molar-refractivity contribution in [1.29, 1.82) is 0 Å². The summed E-state index contributed by atoms with van der Waals surface area (Å²) in [5.74, 6) is -0.0285. The number of benzene rings is 2. The van der Waals surface area contributed by atoms with Crippen LogP contribution in [0.15, 0.2) is 54.6 Å². The van der Waals surface area contributed by atoms with Crippen LogP contribution in [0.5, 0.6) is 0 Å². The average Bonchev–Trinajstić information content (AvgIpc) is 2.63. The number of nitrogens with one attached hydrogen (secondary N) is 1. The second-order valence-corrected chi connectivity index (χ2v) is 7.17. The molecule has 1 unspecified atom stereocenters. The lowest BCUT2D eigenvalue weighted by atomic mass is 9.87. The van der Waals surface area contributed by atoms with E-state index in [9.17, 15) is 9.90 Å². The molecule has 2 aromatic rings. The number of aliphatic hydroxyl groups excluding tert-OH is 1. The molecule has 0 spiro atoms. The molecule has 1 saturated carbocycles. The Morgan fingerprint density at radius 3 is 2.36 bits per heavy atom. The Hall–Kier alpha value is -1.84. The summed E-state index contributed by atoms with van der Waals surface area (Å²) in [5, 5.41) is 13.4. The van der Waals surface area contributed by atoms with Gasteiger partial charge in [0.1, 0.15) is 0 Å². The predicted octanol–water partition coefficient (Wildman–Crippen LogP) is 4.28. The van der Waals surface area contributed by atoms with Gasteiger partial charge < -0.3 is 10.4 Å². The van der Waals surface area contributed by atoms with E-state index in [2.05, 4.69) is 5.32 Å². The molecule has 132 valence electrons. The summed E-state index contributed by atoms with van der Waals surface area (Å²) in [6.07, 6.45) is 3.36. The number of halogens is 1. The quantitative estimate of drug-likeness (QED) is 0.839. The maximum Gasteiger partial charge on any atom is 0.221 e. The van der Waals surface area contributed by atoms with E-state index in [1.807, 2.05) is 54.6 Å². The second-order valence-electron chi connectivity index (χ2n) is 6.76. The minimum Gasteiger partial charge on any atom is -0.393 e. The first kappa shape index (κ1) is 18.0. The smallest absolute Gasteiger partial charge is 0.221 e. The fourth-order valence-electron chi connectivity index (χ4n) is 3.54. The van der Waals surface area contributed by atoms with Crippen molar-refractivity contribution in [1.82, 2.24) is 5.32 Å². The van der Waals surface area contributed by atoms with E-state index in [1.54, 1.807) is 0 Å². The van der Waals surface area contributed by atoms with Gasteiger partial charge >= 0.3 is 0 Å². The van der Waals surface area contributed by atoms with Gasteiger partial charge in [-0.05, 0) is 42.9 Å². The Bertz CT molecular complexity index is 696. The van der Waals surface area contributed by atoms with E-state index in [0.717, 1.165) is 36.8 Å². The largest absolute Gasteiger partial charge is 0.393 e. The normalized spacial score (nSPS) is 21.5. The molecule has 0 aromatic heterocycles. The fraction of sp³-hybridized carbons (Fsp3) is 0.381. The maximum atomic E-state index is 12.6. The van der Waals surface area contributed by atoms with Gasteiger partial charge in [-0.25, -0.2) is 0 Å². The number of hydrogen-bond acceptors (Lipinski definition) is 2. The predicted molar refractivity (Wildman–Crippen MR) is 101 cm³/mol. The van der Waals surface area contributed by atoms with E-state index in [4.69, 9.17) is 11.6 Å². The van der Waals surface area contributed by atoms with E-state index in [0.29, 0.717) is 11.4 Å². The summed E-state index contributed by atoms with van der Waals surface area (Å²) in [4.78, 5) is 12.6. The summed E-state index contributed by atoms with van der Waals surface area (Å²) >= 11 is 6.40. The number of hydrogen-bond donors (Lipinski definition) is 2. The first-order valence-corrected chi connectivity index (χ1v) is 9.28. The highest BCUT2D eigenvalue weighted by Crippen LogP contribution is 2.33. The van der Waals surface area contributed by atoms with Crippen LogP contribution in [0.2, 0.25) is 5.02 Å². The summed E-state index contributed by atoms with van der Waals surface area (Å²) in [5.41, 5.74) is 2.06. The van der Waals surface area contributed by atoms with Gasteiger partial charge in [-0.3, -0.25) is 4.79 Å². The van der Waals surface area contributed by atoms with Crippen molar-refractivity contribution in [2.75, 3.05) is 0 Å². The Kier molecular flexibility index (Phi) is 6.11.